The molecule has 0 unspecified atom stereocenters. The standard InChI is InChI=1S/C27H23ClF3N5O3/c28-20-8-2-1-7-19(20)24(25(38)33-17-14-27(30,31)15-17)35(18-6-3-5-16(29)13-18)26(39)21-10-11-23(37)36(21)22-9-4-12-32-34-22/h1-9,12-13,17,21,24H,10-11,14-15H2,(H,33,38)/t21-,24-/m0/s1. The minimum Gasteiger partial charge on any atom is -0.351 e. The molecule has 1 aliphatic carbocycles. The van der Waals surface area contributed by atoms with E-state index >= 15 is 0 Å². The van der Waals surface area contributed by atoms with Gasteiger partial charge in [0.2, 0.25) is 11.8 Å². The van der Waals surface area contributed by atoms with Gasteiger partial charge in [0.25, 0.3) is 11.8 Å². The topological polar surface area (TPSA) is 95.5 Å². The maximum atomic E-state index is 14.4. The summed E-state index contributed by atoms with van der Waals surface area (Å²) in [6.45, 7) is 0. The van der Waals surface area contributed by atoms with Crippen LogP contribution < -0.4 is 15.1 Å². The van der Waals surface area contributed by atoms with Gasteiger partial charge in [0.05, 0.1) is 0 Å². The molecule has 202 valence electrons. The van der Waals surface area contributed by atoms with Crippen molar-refractivity contribution in [2.24, 2.45) is 0 Å². The fraction of sp³-hybridized carbons (Fsp3) is 0.296. The molecule has 39 heavy (non-hydrogen) atoms. The highest BCUT2D eigenvalue weighted by Crippen LogP contribution is 2.39. The molecular formula is C27H23ClF3N5O3. The minimum atomic E-state index is -2.89. The van der Waals surface area contributed by atoms with Crippen LogP contribution in [0.5, 0.6) is 0 Å². The van der Waals surface area contributed by atoms with Gasteiger partial charge < -0.3 is 5.32 Å². The Morgan fingerprint density at radius 3 is 2.54 bits per heavy atom. The number of hydrogen-bond donors (Lipinski definition) is 1. The molecule has 3 amide bonds. The highest BCUT2D eigenvalue weighted by atomic mass is 35.5. The third-order valence-electron chi connectivity index (χ3n) is 6.77. The Balaban J connectivity index is 1.60. The quantitative estimate of drug-likeness (QED) is 0.463. The SMILES string of the molecule is O=C(NC1CC(F)(F)C1)[C@H](c1ccccc1Cl)N(C(=O)[C@@H]1CCC(=O)N1c1cccnn1)c1cccc(F)c1. The van der Waals surface area contributed by atoms with E-state index in [0.29, 0.717) is 0 Å². The van der Waals surface area contributed by atoms with Crippen LogP contribution >= 0.6 is 11.6 Å². The van der Waals surface area contributed by atoms with Crippen LogP contribution in [0.15, 0.2) is 66.9 Å². The number of aromatic nitrogens is 2. The van der Waals surface area contributed by atoms with Crippen molar-refractivity contribution in [1.29, 1.82) is 0 Å². The van der Waals surface area contributed by atoms with Crippen molar-refractivity contribution in [2.75, 3.05) is 9.80 Å². The number of hydrogen-bond acceptors (Lipinski definition) is 5. The van der Waals surface area contributed by atoms with E-state index in [1.165, 1.54) is 47.5 Å². The average molecular weight is 558 g/mol. The summed E-state index contributed by atoms with van der Waals surface area (Å²) in [4.78, 5) is 43.2. The lowest BCUT2D eigenvalue weighted by atomic mass is 9.87. The first-order chi connectivity index (χ1) is 18.6. The van der Waals surface area contributed by atoms with Gasteiger partial charge in [-0.15, -0.1) is 5.10 Å². The van der Waals surface area contributed by atoms with Crippen molar-refractivity contribution >= 4 is 40.8 Å². The molecular weight excluding hydrogens is 535 g/mol. The number of alkyl halides is 2. The number of nitrogens with zero attached hydrogens (tertiary/aromatic N) is 4. The second-order valence-corrected chi connectivity index (χ2v) is 9.89. The summed E-state index contributed by atoms with van der Waals surface area (Å²) in [5.41, 5.74) is 0.230. The number of amides is 3. The Kier molecular flexibility index (Phi) is 7.26. The van der Waals surface area contributed by atoms with E-state index < -0.39 is 54.5 Å². The monoisotopic (exact) mass is 557 g/mol. The van der Waals surface area contributed by atoms with Crippen LogP contribution in [0.3, 0.4) is 0 Å². The smallest absolute Gasteiger partial charge is 0.252 e. The van der Waals surface area contributed by atoms with Crippen molar-refractivity contribution < 1.29 is 27.6 Å². The first-order valence-corrected chi connectivity index (χ1v) is 12.6. The zero-order valence-electron chi connectivity index (χ0n) is 20.4. The van der Waals surface area contributed by atoms with E-state index in [4.69, 9.17) is 11.6 Å². The molecule has 2 aliphatic rings. The summed E-state index contributed by atoms with van der Waals surface area (Å²) < 4.78 is 41.5. The van der Waals surface area contributed by atoms with Gasteiger partial charge in [-0.1, -0.05) is 35.9 Å². The maximum Gasteiger partial charge on any atom is 0.252 e. The van der Waals surface area contributed by atoms with Crippen molar-refractivity contribution in [1.82, 2.24) is 15.5 Å². The van der Waals surface area contributed by atoms with Crippen LogP contribution in [0.4, 0.5) is 24.7 Å². The van der Waals surface area contributed by atoms with Gasteiger partial charge >= 0.3 is 0 Å². The van der Waals surface area contributed by atoms with Crippen LogP contribution in [-0.2, 0) is 14.4 Å². The molecule has 2 atom stereocenters. The molecule has 5 rings (SSSR count). The number of nitrogens with one attached hydrogen (secondary N) is 1. The first-order valence-electron chi connectivity index (χ1n) is 12.3. The van der Waals surface area contributed by atoms with Crippen molar-refractivity contribution in [3.63, 3.8) is 0 Å². The van der Waals surface area contributed by atoms with Crippen LogP contribution in [0.25, 0.3) is 0 Å². The maximum absolute atomic E-state index is 14.4. The molecule has 8 nitrogen and oxygen atoms in total. The van der Waals surface area contributed by atoms with Crippen LogP contribution in [-0.4, -0.2) is 45.9 Å². The van der Waals surface area contributed by atoms with Crippen molar-refractivity contribution in [2.45, 2.75) is 49.7 Å². The fourth-order valence-corrected chi connectivity index (χ4v) is 5.19. The average Bonchev–Trinajstić information content (AvgIpc) is 3.28. The van der Waals surface area contributed by atoms with Gasteiger partial charge in [0.15, 0.2) is 5.82 Å². The van der Waals surface area contributed by atoms with Crippen LogP contribution in [0, 0.1) is 5.82 Å². The van der Waals surface area contributed by atoms with E-state index in [1.54, 1.807) is 18.2 Å². The highest BCUT2D eigenvalue weighted by molar-refractivity contribution is 6.31. The summed E-state index contributed by atoms with van der Waals surface area (Å²) in [6, 6.07) is 11.1. The number of rotatable bonds is 7. The Morgan fingerprint density at radius 2 is 1.87 bits per heavy atom. The van der Waals surface area contributed by atoms with Gasteiger partial charge in [0, 0.05) is 47.8 Å². The predicted molar refractivity (Wildman–Crippen MR) is 137 cm³/mol. The summed E-state index contributed by atoms with van der Waals surface area (Å²) >= 11 is 6.47. The summed E-state index contributed by atoms with van der Waals surface area (Å²) in [5, 5.41) is 10.5. The number of halogens is 4. The lowest BCUT2D eigenvalue weighted by Crippen LogP contribution is -2.56. The van der Waals surface area contributed by atoms with Crippen LogP contribution in [0.2, 0.25) is 5.02 Å². The van der Waals surface area contributed by atoms with E-state index in [-0.39, 0.29) is 40.8 Å². The zero-order chi connectivity index (χ0) is 27.7. The Hall–Kier alpha value is -3.99. The normalized spacial score (nSPS) is 19.3. The van der Waals surface area contributed by atoms with Gasteiger partial charge in [0.1, 0.15) is 17.9 Å². The van der Waals surface area contributed by atoms with Crippen LogP contribution in [0.1, 0.15) is 37.3 Å². The molecule has 1 aromatic heterocycles. The minimum absolute atomic E-state index is 0.0254. The molecule has 1 saturated heterocycles. The summed E-state index contributed by atoms with van der Waals surface area (Å²) in [5.74, 6) is -5.25. The zero-order valence-corrected chi connectivity index (χ0v) is 21.2. The van der Waals surface area contributed by atoms with Gasteiger partial charge in [-0.3, -0.25) is 24.2 Å². The van der Waals surface area contributed by atoms with Crippen molar-refractivity contribution in [3.8, 4) is 0 Å². The number of carbonyl (C=O) groups is 3. The predicted octanol–water partition coefficient (Wildman–Crippen LogP) is 4.45. The van der Waals surface area contributed by atoms with E-state index in [1.807, 2.05) is 0 Å². The number of carbonyl (C=O) groups excluding carboxylic acids is 3. The molecule has 3 aromatic rings. The summed E-state index contributed by atoms with van der Waals surface area (Å²) in [7, 11) is 0. The van der Waals surface area contributed by atoms with Gasteiger partial charge in [-0.2, -0.15) is 5.10 Å². The molecule has 1 aliphatic heterocycles. The largest absolute Gasteiger partial charge is 0.351 e. The molecule has 0 spiro atoms. The Labute approximate surface area is 226 Å². The molecule has 2 fully saturated rings. The van der Waals surface area contributed by atoms with E-state index in [0.717, 1.165) is 11.0 Å². The molecule has 1 saturated carbocycles. The van der Waals surface area contributed by atoms with Crippen molar-refractivity contribution in [3.05, 3.63) is 83.3 Å². The molecule has 0 radical (unpaired) electrons. The second-order valence-electron chi connectivity index (χ2n) is 9.48. The van der Waals surface area contributed by atoms with Gasteiger partial charge in [-0.05, 0) is 42.8 Å². The highest BCUT2D eigenvalue weighted by Gasteiger charge is 2.48. The molecule has 1 N–H and O–H groups in total. The third kappa shape index (κ3) is 5.44. The lowest BCUT2D eigenvalue weighted by Gasteiger charge is -2.39. The third-order valence-corrected chi connectivity index (χ3v) is 7.11. The Bertz CT molecular complexity index is 1400. The number of anilines is 2. The Morgan fingerprint density at radius 1 is 1.10 bits per heavy atom. The second kappa shape index (κ2) is 10.6. The number of benzene rings is 2. The molecule has 12 heteroatoms. The lowest BCUT2D eigenvalue weighted by molar-refractivity contribution is -0.133. The fourth-order valence-electron chi connectivity index (χ4n) is 4.95. The van der Waals surface area contributed by atoms with Gasteiger partial charge in [-0.25, -0.2) is 13.2 Å². The first kappa shape index (κ1) is 26.6. The van der Waals surface area contributed by atoms with E-state index in [2.05, 4.69) is 15.5 Å². The molecule has 0 bridgehead atoms. The van der Waals surface area contributed by atoms with E-state index in [9.17, 15) is 27.6 Å². The molecule has 2 heterocycles. The molecule has 2 aromatic carbocycles. The summed E-state index contributed by atoms with van der Waals surface area (Å²) in [6.07, 6.45) is 0.469.